The number of hydrogen-bond donors (Lipinski definition) is 4. The standard InChI is InChI=1S/C28H23F2N3O5/c1-28(2)24(26(36)32-15-5-3-14(29)4-6-15)25(28)27(37)33-16-7-8-23(18(30)11-16)38-22-9-10-31-19-13-21(35)20(34)12-17(19)22/h3-13,24-25,34-35H,1-2H3,(H,32,36)(H,33,37)/t24-,25+/m0/s1. The molecule has 0 radical (unpaired) electrons. The minimum Gasteiger partial charge on any atom is -0.504 e. The first-order valence-electron chi connectivity index (χ1n) is 11.7. The molecule has 2 amide bonds. The average Bonchev–Trinajstić information content (AvgIpc) is 3.45. The van der Waals surface area contributed by atoms with E-state index < -0.39 is 34.8 Å². The molecule has 4 aromatic rings. The van der Waals surface area contributed by atoms with Gasteiger partial charge in [-0.1, -0.05) is 13.8 Å². The van der Waals surface area contributed by atoms with Gasteiger partial charge in [-0.3, -0.25) is 14.6 Å². The molecule has 0 spiro atoms. The number of carbonyl (C=O) groups excluding carboxylic acids is 2. The van der Waals surface area contributed by atoms with Crippen LogP contribution in [0.3, 0.4) is 0 Å². The Kier molecular flexibility index (Phi) is 6.10. The lowest BCUT2D eigenvalue weighted by atomic mass is 10.1. The minimum atomic E-state index is -0.753. The van der Waals surface area contributed by atoms with Crippen molar-refractivity contribution in [3.8, 4) is 23.0 Å². The highest BCUT2D eigenvalue weighted by Gasteiger charge is 2.65. The number of nitrogens with one attached hydrogen (secondary N) is 2. The van der Waals surface area contributed by atoms with Crippen molar-refractivity contribution in [2.75, 3.05) is 10.6 Å². The number of anilines is 2. The van der Waals surface area contributed by atoms with Gasteiger partial charge < -0.3 is 25.6 Å². The number of aromatic hydroxyl groups is 2. The predicted octanol–water partition coefficient (Wildman–Crippen LogP) is 5.57. The largest absolute Gasteiger partial charge is 0.504 e. The van der Waals surface area contributed by atoms with E-state index in [-0.39, 0.29) is 34.6 Å². The van der Waals surface area contributed by atoms with Gasteiger partial charge >= 0.3 is 0 Å². The Morgan fingerprint density at radius 2 is 1.45 bits per heavy atom. The van der Waals surface area contributed by atoms with Crippen molar-refractivity contribution < 1.29 is 33.3 Å². The van der Waals surface area contributed by atoms with Crippen molar-refractivity contribution in [3.05, 3.63) is 78.5 Å². The molecule has 2 atom stereocenters. The van der Waals surface area contributed by atoms with Gasteiger partial charge in [-0.05, 0) is 53.9 Å². The summed E-state index contributed by atoms with van der Waals surface area (Å²) < 4.78 is 33.7. The van der Waals surface area contributed by atoms with Crippen molar-refractivity contribution in [3.63, 3.8) is 0 Å². The molecule has 0 bridgehead atoms. The zero-order valence-corrected chi connectivity index (χ0v) is 20.3. The van der Waals surface area contributed by atoms with Crippen molar-refractivity contribution in [1.29, 1.82) is 0 Å². The van der Waals surface area contributed by atoms with Crippen LogP contribution in [0.5, 0.6) is 23.0 Å². The van der Waals surface area contributed by atoms with Crippen LogP contribution >= 0.6 is 0 Å². The van der Waals surface area contributed by atoms with E-state index in [9.17, 15) is 28.6 Å². The number of halogens is 2. The maximum absolute atomic E-state index is 14.9. The lowest BCUT2D eigenvalue weighted by Gasteiger charge is -2.12. The Bertz CT molecular complexity index is 1570. The SMILES string of the molecule is CC1(C)[C@H](C(=O)Nc2ccc(F)cc2)[C@@H]1C(=O)Nc1ccc(Oc2ccnc3cc(O)c(O)cc23)c(F)c1. The van der Waals surface area contributed by atoms with Crippen LogP contribution < -0.4 is 15.4 Å². The van der Waals surface area contributed by atoms with Crippen LogP contribution in [0.2, 0.25) is 0 Å². The number of rotatable bonds is 6. The van der Waals surface area contributed by atoms with Gasteiger partial charge in [0.15, 0.2) is 23.1 Å². The highest BCUT2D eigenvalue weighted by Crippen LogP contribution is 2.59. The molecule has 1 fully saturated rings. The topological polar surface area (TPSA) is 121 Å². The van der Waals surface area contributed by atoms with E-state index >= 15 is 0 Å². The predicted molar refractivity (Wildman–Crippen MR) is 136 cm³/mol. The van der Waals surface area contributed by atoms with Crippen LogP contribution in [-0.2, 0) is 9.59 Å². The van der Waals surface area contributed by atoms with E-state index in [4.69, 9.17) is 4.74 Å². The van der Waals surface area contributed by atoms with Crippen LogP contribution in [0.25, 0.3) is 10.9 Å². The molecule has 4 N–H and O–H groups in total. The van der Waals surface area contributed by atoms with Crippen LogP contribution in [0.4, 0.5) is 20.2 Å². The Morgan fingerprint density at radius 3 is 2.11 bits per heavy atom. The molecule has 0 aliphatic heterocycles. The molecular weight excluding hydrogens is 496 g/mol. The van der Waals surface area contributed by atoms with Crippen molar-refractivity contribution in [1.82, 2.24) is 4.98 Å². The number of aromatic nitrogens is 1. The summed E-state index contributed by atoms with van der Waals surface area (Å²) in [5, 5.41) is 25.2. The Morgan fingerprint density at radius 1 is 0.842 bits per heavy atom. The third kappa shape index (κ3) is 4.68. The second-order valence-electron chi connectivity index (χ2n) is 9.68. The van der Waals surface area contributed by atoms with Crippen molar-refractivity contribution >= 4 is 34.1 Å². The molecule has 1 aliphatic rings. The molecule has 0 saturated heterocycles. The monoisotopic (exact) mass is 519 g/mol. The van der Waals surface area contributed by atoms with E-state index in [1.807, 2.05) is 0 Å². The second kappa shape index (κ2) is 9.29. The molecule has 1 saturated carbocycles. The maximum Gasteiger partial charge on any atom is 0.228 e. The van der Waals surface area contributed by atoms with Crippen molar-refractivity contribution in [2.24, 2.45) is 17.3 Å². The minimum absolute atomic E-state index is 0.133. The molecule has 194 valence electrons. The maximum atomic E-state index is 14.9. The average molecular weight is 520 g/mol. The summed E-state index contributed by atoms with van der Waals surface area (Å²) in [5.41, 5.74) is 0.317. The molecule has 1 aliphatic carbocycles. The van der Waals surface area contributed by atoms with Crippen molar-refractivity contribution in [2.45, 2.75) is 13.8 Å². The lowest BCUT2D eigenvalue weighted by molar-refractivity contribution is -0.122. The Labute approximate surface area is 215 Å². The number of pyridine rings is 1. The fraction of sp³-hybridized carbons (Fsp3) is 0.179. The molecule has 38 heavy (non-hydrogen) atoms. The van der Waals surface area contributed by atoms with E-state index in [1.165, 1.54) is 60.8 Å². The first-order valence-corrected chi connectivity index (χ1v) is 11.7. The summed E-state index contributed by atoms with van der Waals surface area (Å²) in [4.78, 5) is 29.8. The van der Waals surface area contributed by atoms with Gasteiger partial charge in [0.05, 0.1) is 17.4 Å². The molecule has 3 aromatic carbocycles. The number of carbonyl (C=O) groups is 2. The molecule has 1 heterocycles. The Hall–Kier alpha value is -4.73. The van der Waals surface area contributed by atoms with Gasteiger partial charge in [-0.25, -0.2) is 8.78 Å². The normalized spacial score (nSPS) is 17.6. The molecular formula is C28H23F2N3O5. The number of ether oxygens (including phenoxy) is 1. The number of amides is 2. The number of benzene rings is 3. The zero-order chi connectivity index (χ0) is 27.2. The van der Waals surface area contributed by atoms with Gasteiger partial charge in [-0.15, -0.1) is 0 Å². The van der Waals surface area contributed by atoms with E-state index in [1.54, 1.807) is 13.8 Å². The summed E-state index contributed by atoms with van der Waals surface area (Å²) in [6.45, 7) is 3.58. The third-order valence-electron chi connectivity index (χ3n) is 6.72. The second-order valence-corrected chi connectivity index (χ2v) is 9.68. The summed E-state index contributed by atoms with van der Waals surface area (Å²) >= 11 is 0. The number of phenols is 2. The van der Waals surface area contributed by atoms with Gasteiger partial charge in [0.1, 0.15) is 11.6 Å². The summed E-state index contributed by atoms with van der Waals surface area (Å²) in [6.07, 6.45) is 1.42. The smallest absolute Gasteiger partial charge is 0.228 e. The van der Waals surface area contributed by atoms with Gasteiger partial charge in [0.2, 0.25) is 11.8 Å². The zero-order valence-electron chi connectivity index (χ0n) is 20.3. The molecule has 1 aromatic heterocycles. The third-order valence-corrected chi connectivity index (χ3v) is 6.72. The quantitative estimate of drug-likeness (QED) is 0.247. The first kappa shape index (κ1) is 24.9. The van der Waals surface area contributed by atoms with Gasteiger partial charge in [0, 0.05) is 35.1 Å². The fourth-order valence-electron chi connectivity index (χ4n) is 4.60. The number of phenolic OH excluding ortho intramolecular Hbond substituents is 2. The van der Waals surface area contributed by atoms with E-state index in [0.29, 0.717) is 16.6 Å². The molecule has 8 nitrogen and oxygen atoms in total. The molecule has 0 unspecified atom stereocenters. The van der Waals surface area contributed by atoms with E-state index in [0.717, 1.165) is 6.07 Å². The van der Waals surface area contributed by atoms with Crippen LogP contribution in [-0.4, -0.2) is 27.0 Å². The van der Waals surface area contributed by atoms with Crippen LogP contribution in [0.15, 0.2) is 66.9 Å². The van der Waals surface area contributed by atoms with E-state index in [2.05, 4.69) is 15.6 Å². The summed E-state index contributed by atoms with van der Waals surface area (Å²) in [6, 6.07) is 13.2. The number of fused-ring (bicyclic) bond motifs is 1. The van der Waals surface area contributed by atoms with Crippen LogP contribution in [0.1, 0.15) is 13.8 Å². The van der Waals surface area contributed by atoms with Gasteiger partial charge in [-0.2, -0.15) is 0 Å². The Balaban J connectivity index is 1.28. The highest BCUT2D eigenvalue weighted by atomic mass is 19.1. The summed E-state index contributed by atoms with van der Waals surface area (Å²) in [7, 11) is 0. The number of hydrogen-bond acceptors (Lipinski definition) is 6. The molecule has 10 heteroatoms. The number of nitrogens with zero attached hydrogens (tertiary/aromatic N) is 1. The van der Waals surface area contributed by atoms with Crippen LogP contribution in [0, 0.1) is 28.9 Å². The lowest BCUT2D eigenvalue weighted by Crippen LogP contribution is -2.20. The first-order chi connectivity index (χ1) is 18.0. The molecule has 5 rings (SSSR count). The summed E-state index contributed by atoms with van der Waals surface area (Å²) in [5.74, 6) is -3.88. The highest BCUT2D eigenvalue weighted by molar-refractivity contribution is 6.04. The van der Waals surface area contributed by atoms with Gasteiger partial charge in [0.25, 0.3) is 0 Å². The fourth-order valence-corrected chi connectivity index (χ4v) is 4.60.